The molecular weight excluding hydrogens is 224 g/mol. The maximum atomic E-state index is 12.5. The smallest absolute Gasteiger partial charge is 0.239 e. The van der Waals surface area contributed by atoms with E-state index in [0.29, 0.717) is 11.9 Å². The van der Waals surface area contributed by atoms with Crippen LogP contribution < -0.4 is 5.32 Å². The number of nitrogens with one attached hydrogen (secondary N) is 1. The first-order valence-corrected chi connectivity index (χ1v) is 7.81. The van der Waals surface area contributed by atoms with Crippen molar-refractivity contribution in [2.24, 2.45) is 5.92 Å². The molecule has 3 unspecified atom stereocenters. The molecule has 0 aromatic carbocycles. The molecule has 3 atom stereocenters. The Kier molecular flexibility index (Phi) is 5.04. The van der Waals surface area contributed by atoms with E-state index in [1.54, 1.807) is 0 Å². The number of piperidine rings is 1. The molecule has 0 aromatic rings. The summed E-state index contributed by atoms with van der Waals surface area (Å²) in [6.07, 6.45) is 8.60. The lowest BCUT2D eigenvalue weighted by atomic mass is 9.81. The van der Waals surface area contributed by atoms with E-state index < -0.39 is 0 Å². The van der Waals surface area contributed by atoms with Crippen LogP contribution in [0.5, 0.6) is 0 Å². The van der Waals surface area contributed by atoms with Crippen LogP contribution in [0.3, 0.4) is 0 Å². The largest absolute Gasteiger partial charge is 0.338 e. The summed E-state index contributed by atoms with van der Waals surface area (Å²) in [5.41, 5.74) is 0. The van der Waals surface area contributed by atoms with Crippen LogP contribution in [-0.4, -0.2) is 36.0 Å². The number of nitrogens with zero attached hydrogens (tertiary/aromatic N) is 1. The van der Waals surface area contributed by atoms with Gasteiger partial charge in [0.25, 0.3) is 0 Å². The fraction of sp³-hybridized carbons (Fsp3) is 0.933. The van der Waals surface area contributed by atoms with Crippen molar-refractivity contribution in [2.75, 3.05) is 13.1 Å². The summed E-state index contributed by atoms with van der Waals surface area (Å²) in [7, 11) is 0. The van der Waals surface area contributed by atoms with Gasteiger partial charge >= 0.3 is 0 Å². The second kappa shape index (κ2) is 6.55. The highest BCUT2D eigenvalue weighted by Crippen LogP contribution is 2.32. The van der Waals surface area contributed by atoms with Crippen molar-refractivity contribution in [2.45, 2.75) is 70.9 Å². The first-order valence-electron chi connectivity index (χ1n) is 7.81. The van der Waals surface area contributed by atoms with Gasteiger partial charge in [-0.15, -0.1) is 0 Å². The minimum Gasteiger partial charge on any atom is -0.338 e. The van der Waals surface area contributed by atoms with E-state index in [-0.39, 0.29) is 6.04 Å². The average molecular weight is 252 g/mol. The van der Waals surface area contributed by atoms with Crippen molar-refractivity contribution in [1.82, 2.24) is 10.2 Å². The predicted molar refractivity (Wildman–Crippen MR) is 74.4 cm³/mol. The van der Waals surface area contributed by atoms with Gasteiger partial charge in [0, 0.05) is 12.6 Å². The van der Waals surface area contributed by atoms with Gasteiger partial charge in [-0.25, -0.2) is 0 Å². The summed E-state index contributed by atoms with van der Waals surface area (Å²) >= 11 is 0. The lowest BCUT2D eigenvalue weighted by molar-refractivity contribution is -0.140. The van der Waals surface area contributed by atoms with Crippen molar-refractivity contribution in [3.63, 3.8) is 0 Å². The molecule has 0 radical (unpaired) electrons. The molecule has 2 rings (SSSR count). The van der Waals surface area contributed by atoms with Gasteiger partial charge in [0.1, 0.15) is 0 Å². The van der Waals surface area contributed by atoms with E-state index in [9.17, 15) is 4.79 Å². The molecule has 1 aliphatic heterocycles. The van der Waals surface area contributed by atoms with Gasteiger partial charge in [0.15, 0.2) is 0 Å². The first kappa shape index (κ1) is 13.9. The zero-order valence-corrected chi connectivity index (χ0v) is 12.0. The van der Waals surface area contributed by atoms with Gasteiger partial charge in [-0.2, -0.15) is 0 Å². The van der Waals surface area contributed by atoms with E-state index in [4.69, 9.17) is 0 Å². The minimum absolute atomic E-state index is 0.0863. The number of carbonyl (C=O) groups excluding carboxylic acids is 1. The Labute approximate surface area is 111 Å². The summed E-state index contributed by atoms with van der Waals surface area (Å²) in [4.78, 5) is 14.8. The number of likely N-dealkylation sites (N-methyl/N-ethyl adjacent to an activating group) is 1. The summed E-state index contributed by atoms with van der Waals surface area (Å²) in [6.45, 7) is 6.24. The molecule has 3 nitrogen and oxygen atoms in total. The minimum atomic E-state index is 0.0863. The molecule has 104 valence electrons. The van der Waals surface area contributed by atoms with Gasteiger partial charge in [-0.05, 0) is 38.1 Å². The topological polar surface area (TPSA) is 32.3 Å². The van der Waals surface area contributed by atoms with Crippen LogP contribution in [0.25, 0.3) is 0 Å². The fourth-order valence-corrected chi connectivity index (χ4v) is 3.74. The lowest BCUT2D eigenvalue weighted by Crippen LogP contribution is -2.56. The summed E-state index contributed by atoms with van der Waals surface area (Å²) < 4.78 is 0. The molecule has 1 N–H and O–H groups in total. The standard InChI is InChI=1S/C15H28N2O/c1-3-12-8-5-6-10-14(12)17-11-7-9-13(15(17)18)16-4-2/h12-14,16H,3-11H2,1-2H3. The molecule has 1 aliphatic carbocycles. The van der Waals surface area contributed by atoms with Crippen LogP contribution in [-0.2, 0) is 4.79 Å². The van der Waals surface area contributed by atoms with Crippen LogP contribution in [0.15, 0.2) is 0 Å². The fourth-order valence-electron chi connectivity index (χ4n) is 3.74. The molecule has 0 bridgehead atoms. The zero-order chi connectivity index (χ0) is 13.0. The van der Waals surface area contributed by atoms with Crippen molar-refractivity contribution in [3.8, 4) is 0 Å². The third kappa shape index (κ3) is 2.87. The number of rotatable bonds is 4. The van der Waals surface area contributed by atoms with E-state index >= 15 is 0 Å². The van der Waals surface area contributed by atoms with Gasteiger partial charge in [-0.1, -0.05) is 33.1 Å². The average Bonchev–Trinajstić information content (AvgIpc) is 2.41. The second-order valence-electron chi connectivity index (χ2n) is 5.80. The van der Waals surface area contributed by atoms with Crippen LogP contribution in [0.1, 0.15) is 58.8 Å². The number of amides is 1. The highest BCUT2D eigenvalue weighted by Gasteiger charge is 2.36. The van der Waals surface area contributed by atoms with Gasteiger partial charge in [0.2, 0.25) is 5.91 Å². The number of likely N-dealkylation sites (tertiary alicyclic amines) is 1. The van der Waals surface area contributed by atoms with Gasteiger partial charge in [-0.3, -0.25) is 4.79 Å². The Balaban J connectivity index is 2.03. The highest BCUT2D eigenvalue weighted by atomic mass is 16.2. The van der Waals surface area contributed by atoms with E-state index in [1.807, 2.05) is 0 Å². The number of hydrogen-bond acceptors (Lipinski definition) is 2. The Morgan fingerprint density at radius 3 is 2.67 bits per heavy atom. The van der Waals surface area contributed by atoms with Crippen LogP contribution >= 0.6 is 0 Å². The maximum Gasteiger partial charge on any atom is 0.239 e. The molecule has 1 saturated carbocycles. The normalized spacial score (nSPS) is 33.8. The lowest BCUT2D eigenvalue weighted by Gasteiger charge is -2.43. The third-order valence-electron chi connectivity index (χ3n) is 4.72. The summed E-state index contributed by atoms with van der Waals surface area (Å²) in [5.74, 6) is 1.11. The predicted octanol–water partition coefficient (Wildman–Crippen LogP) is 2.56. The summed E-state index contributed by atoms with van der Waals surface area (Å²) in [6, 6.07) is 0.612. The van der Waals surface area contributed by atoms with Crippen molar-refractivity contribution >= 4 is 5.91 Å². The SMILES string of the molecule is CCNC1CCCN(C2CCCCC2CC)C1=O. The summed E-state index contributed by atoms with van der Waals surface area (Å²) in [5, 5.41) is 3.34. The Bertz CT molecular complexity index is 278. The second-order valence-corrected chi connectivity index (χ2v) is 5.80. The zero-order valence-electron chi connectivity index (χ0n) is 12.0. The molecule has 1 heterocycles. The van der Waals surface area contributed by atoms with Crippen molar-refractivity contribution in [3.05, 3.63) is 0 Å². The Hall–Kier alpha value is -0.570. The van der Waals surface area contributed by atoms with E-state index in [2.05, 4.69) is 24.1 Å². The molecule has 18 heavy (non-hydrogen) atoms. The Morgan fingerprint density at radius 2 is 1.94 bits per heavy atom. The van der Waals surface area contributed by atoms with Crippen LogP contribution in [0.2, 0.25) is 0 Å². The van der Waals surface area contributed by atoms with Crippen molar-refractivity contribution in [1.29, 1.82) is 0 Å². The quantitative estimate of drug-likeness (QED) is 0.834. The molecule has 1 amide bonds. The third-order valence-corrected chi connectivity index (χ3v) is 4.72. The molecule has 0 spiro atoms. The van der Waals surface area contributed by atoms with E-state index in [1.165, 1.54) is 32.1 Å². The molecule has 3 heteroatoms. The van der Waals surface area contributed by atoms with Crippen molar-refractivity contribution < 1.29 is 4.79 Å². The molecule has 2 fully saturated rings. The number of carbonyl (C=O) groups is 1. The maximum absolute atomic E-state index is 12.5. The van der Waals surface area contributed by atoms with Gasteiger partial charge < -0.3 is 10.2 Å². The van der Waals surface area contributed by atoms with Crippen LogP contribution in [0, 0.1) is 5.92 Å². The van der Waals surface area contributed by atoms with Crippen LogP contribution in [0.4, 0.5) is 0 Å². The number of hydrogen-bond donors (Lipinski definition) is 1. The Morgan fingerprint density at radius 1 is 1.17 bits per heavy atom. The molecule has 2 aliphatic rings. The van der Waals surface area contributed by atoms with E-state index in [0.717, 1.165) is 31.8 Å². The monoisotopic (exact) mass is 252 g/mol. The highest BCUT2D eigenvalue weighted by molar-refractivity contribution is 5.83. The molecular formula is C15H28N2O. The molecule has 0 aromatic heterocycles. The van der Waals surface area contributed by atoms with Gasteiger partial charge in [0.05, 0.1) is 6.04 Å². The first-order chi connectivity index (χ1) is 8.77. The molecule has 1 saturated heterocycles.